The maximum absolute atomic E-state index is 14.3. The number of ether oxygens (including phenoxy) is 2. The lowest BCUT2D eigenvalue weighted by Gasteiger charge is -2.44. The van der Waals surface area contributed by atoms with Crippen LogP contribution in [-0.4, -0.2) is 60.7 Å². The molecular weight excluding hydrogens is 499 g/mol. The average Bonchev–Trinajstić information content (AvgIpc) is 2.92. The summed E-state index contributed by atoms with van der Waals surface area (Å²) in [4.78, 5) is 0. The zero-order valence-corrected chi connectivity index (χ0v) is 13.9. The van der Waals surface area contributed by atoms with Gasteiger partial charge < -0.3 is 9.47 Å². The van der Waals surface area contributed by atoms with Crippen molar-refractivity contribution in [3.63, 3.8) is 0 Å². The molecule has 1 fully saturated rings. The van der Waals surface area contributed by atoms with Crippen LogP contribution >= 0.6 is 0 Å². The van der Waals surface area contributed by atoms with Crippen LogP contribution < -0.4 is 0 Å². The number of alkyl halides is 17. The van der Waals surface area contributed by atoms with Crippen molar-refractivity contribution in [2.24, 2.45) is 0 Å². The van der Waals surface area contributed by atoms with Gasteiger partial charge in [-0.2, -0.15) is 65.9 Å². The van der Waals surface area contributed by atoms with Gasteiger partial charge in [0.1, 0.15) is 12.7 Å². The Kier molecular flexibility index (Phi) is 6.61. The summed E-state index contributed by atoms with van der Waals surface area (Å²) in [5, 5.41) is 0. The van der Waals surface area contributed by atoms with Crippen molar-refractivity contribution >= 4 is 0 Å². The fraction of sp³-hybridized carbons (Fsp3) is 1.00. The fourth-order valence-electron chi connectivity index (χ4n) is 2.72. The van der Waals surface area contributed by atoms with Gasteiger partial charge in [0.2, 0.25) is 5.79 Å². The number of hydrogen-bond acceptors (Lipinski definition) is 2. The zero-order valence-electron chi connectivity index (χ0n) is 13.9. The third kappa shape index (κ3) is 4.47. The van der Waals surface area contributed by atoms with Crippen molar-refractivity contribution in [2.45, 2.75) is 67.0 Å². The molecule has 2 unspecified atom stereocenters. The molecule has 0 amide bonds. The summed E-state index contributed by atoms with van der Waals surface area (Å²) in [7, 11) is 0. The van der Waals surface area contributed by atoms with Crippen molar-refractivity contribution in [1.29, 1.82) is 0 Å². The van der Waals surface area contributed by atoms with E-state index in [4.69, 9.17) is 0 Å². The lowest BCUT2D eigenvalue weighted by atomic mass is 9.89. The van der Waals surface area contributed by atoms with E-state index in [0.29, 0.717) is 0 Å². The monoisotopic (exact) mass is 506 g/mol. The molecule has 186 valence electrons. The van der Waals surface area contributed by atoms with E-state index in [1.54, 1.807) is 0 Å². The molecule has 0 radical (unpaired) electrons. The molecule has 1 saturated heterocycles. The topological polar surface area (TPSA) is 18.5 Å². The van der Waals surface area contributed by atoms with Crippen LogP contribution in [0.15, 0.2) is 0 Å². The second kappa shape index (κ2) is 7.38. The van der Waals surface area contributed by atoms with Gasteiger partial charge in [-0.25, -0.2) is 8.78 Å². The maximum atomic E-state index is 14.3. The number of hydrogen-bond donors (Lipinski definition) is 0. The van der Waals surface area contributed by atoms with Crippen molar-refractivity contribution in [2.75, 3.05) is 6.61 Å². The predicted octanol–water partition coefficient (Wildman–Crippen LogP) is 6.11. The molecule has 2 atom stereocenters. The van der Waals surface area contributed by atoms with Crippen molar-refractivity contribution in [3.8, 4) is 0 Å². The van der Waals surface area contributed by atoms with Crippen molar-refractivity contribution in [1.82, 2.24) is 0 Å². The maximum Gasteiger partial charge on any atom is 0.437 e. The van der Waals surface area contributed by atoms with Gasteiger partial charge in [-0.05, 0) is 6.42 Å². The second-order valence-electron chi connectivity index (χ2n) is 6.16. The van der Waals surface area contributed by atoms with E-state index in [-0.39, 0.29) is 0 Å². The van der Waals surface area contributed by atoms with Crippen molar-refractivity contribution < 1.29 is 84.1 Å². The minimum Gasteiger partial charge on any atom is -0.339 e. The smallest absolute Gasteiger partial charge is 0.339 e. The van der Waals surface area contributed by atoms with E-state index in [2.05, 4.69) is 9.47 Å². The zero-order chi connectivity index (χ0) is 25.1. The molecule has 0 bridgehead atoms. The molecule has 0 aliphatic carbocycles. The summed E-state index contributed by atoms with van der Waals surface area (Å²) in [6, 6.07) is 0. The minimum atomic E-state index is -7.33. The van der Waals surface area contributed by atoms with E-state index in [1.807, 2.05) is 0 Å². The van der Waals surface area contributed by atoms with Crippen LogP contribution in [0.3, 0.4) is 0 Å². The SMILES string of the molecule is FC(F)(F)COC1(C(F)(C(F)(F)F)C(F)(F)F)CCC(C(F)(C(F)(F)F)C(F)(F)F)O1. The molecule has 1 aliphatic rings. The van der Waals surface area contributed by atoms with E-state index in [1.165, 1.54) is 0 Å². The highest BCUT2D eigenvalue weighted by Gasteiger charge is 2.87. The number of halogens is 17. The van der Waals surface area contributed by atoms with E-state index in [0.717, 1.165) is 0 Å². The van der Waals surface area contributed by atoms with Gasteiger partial charge in [0.05, 0.1) is 0 Å². The highest BCUT2D eigenvalue weighted by molar-refractivity contribution is 5.13. The van der Waals surface area contributed by atoms with Gasteiger partial charge in [-0.3, -0.25) is 0 Å². The van der Waals surface area contributed by atoms with Gasteiger partial charge in [0.15, 0.2) is 0 Å². The summed E-state index contributed by atoms with van der Waals surface area (Å²) in [6.07, 6.45) is -44.1. The molecule has 0 N–H and O–H groups in total. The Hall–Kier alpha value is -1.27. The Morgan fingerprint density at radius 1 is 0.645 bits per heavy atom. The number of rotatable bonds is 4. The minimum absolute atomic E-state index is 2.38. The quantitative estimate of drug-likeness (QED) is 0.429. The summed E-state index contributed by atoms with van der Waals surface area (Å²) in [5.41, 5.74) is -13.8. The van der Waals surface area contributed by atoms with Crippen LogP contribution in [0.2, 0.25) is 0 Å². The summed E-state index contributed by atoms with van der Waals surface area (Å²) in [6.45, 7) is -3.23. The molecule has 19 heteroatoms. The van der Waals surface area contributed by atoms with E-state index >= 15 is 0 Å². The Morgan fingerprint density at radius 2 is 1.03 bits per heavy atom. The van der Waals surface area contributed by atoms with Crippen LogP contribution in [0.5, 0.6) is 0 Å². The Bertz CT molecular complexity index is 610. The first kappa shape index (κ1) is 27.8. The van der Waals surface area contributed by atoms with Gasteiger partial charge in [0, 0.05) is 6.42 Å². The van der Waals surface area contributed by atoms with Crippen LogP contribution in [0.4, 0.5) is 74.6 Å². The van der Waals surface area contributed by atoms with E-state index < -0.39 is 73.6 Å². The van der Waals surface area contributed by atoms with Crippen molar-refractivity contribution in [3.05, 3.63) is 0 Å². The van der Waals surface area contributed by atoms with Crippen LogP contribution in [-0.2, 0) is 9.47 Å². The van der Waals surface area contributed by atoms with Crippen LogP contribution in [0, 0.1) is 0 Å². The highest BCUT2D eigenvalue weighted by atomic mass is 19.4. The molecule has 1 heterocycles. The lowest BCUT2D eigenvalue weighted by molar-refractivity contribution is -0.454. The molecule has 31 heavy (non-hydrogen) atoms. The molecule has 0 saturated carbocycles. The Morgan fingerprint density at radius 3 is 1.32 bits per heavy atom. The van der Waals surface area contributed by atoms with E-state index in [9.17, 15) is 74.6 Å². The molecule has 1 aliphatic heterocycles. The summed E-state index contributed by atoms with van der Waals surface area (Å²) < 4.78 is 225. The Labute approximate surface area is 159 Å². The lowest BCUT2D eigenvalue weighted by Crippen LogP contribution is -2.70. The average molecular weight is 506 g/mol. The standard InChI is InChI=1S/C12H7F17O2/c13-6(14,15)3-30-5(8(17,11(24,25)26)12(27,28)29)2-1-4(31-5)7(16,9(18,19)20)10(21,22)23/h4H,1-3H2. The molecule has 0 aromatic rings. The molecular formula is C12H7F17O2. The first-order chi connectivity index (χ1) is 13.3. The molecule has 0 aromatic heterocycles. The first-order valence-corrected chi connectivity index (χ1v) is 7.30. The largest absolute Gasteiger partial charge is 0.437 e. The fourth-order valence-corrected chi connectivity index (χ4v) is 2.72. The van der Waals surface area contributed by atoms with Gasteiger partial charge in [-0.1, -0.05) is 0 Å². The highest BCUT2D eigenvalue weighted by Crippen LogP contribution is 2.61. The predicted molar refractivity (Wildman–Crippen MR) is 60.7 cm³/mol. The van der Waals surface area contributed by atoms with Crippen LogP contribution in [0.25, 0.3) is 0 Å². The third-order valence-electron chi connectivity index (χ3n) is 4.11. The molecule has 0 spiro atoms. The second-order valence-corrected chi connectivity index (χ2v) is 6.16. The third-order valence-corrected chi connectivity index (χ3v) is 4.11. The molecule has 2 nitrogen and oxygen atoms in total. The Balaban J connectivity index is 3.71. The van der Waals surface area contributed by atoms with Gasteiger partial charge >= 0.3 is 42.2 Å². The van der Waals surface area contributed by atoms with Crippen LogP contribution in [0.1, 0.15) is 12.8 Å². The first-order valence-electron chi connectivity index (χ1n) is 7.30. The molecule has 0 aromatic carbocycles. The molecule has 1 rings (SSSR count). The summed E-state index contributed by atoms with van der Waals surface area (Å²) in [5.74, 6) is -5.49. The summed E-state index contributed by atoms with van der Waals surface area (Å²) >= 11 is 0. The van der Waals surface area contributed by atoms with Gasteiger partial charge in [-0.15, -0.1) is 0 Å². The van der Waals surface area contributed by atoms with Gasteiger partial charge in [0.25, 0.3) is 0 Å². The normalized spacial score (nSPS) is 25.3.